The first kappa shape index (κ1) is 18.4. The summed E-state index contributed by atoms with van der Waals surface area (Å²) in [5.41, 5.74) is 1.13. The number of nitrogens with one attached hydrogen (secondary N) is 2. The molecule has 8 heteroatoms. The largest absolute Gasteiger partial charge is 0.326 e. The SMILES string of the molecule is CS(=O)(=O)c1cccc(C(=O)Nc2ccc(NC(=O)C3CC3)cc2Cl)c1. The number of carbonyl (C=O) groups is 2. The lowest BCUT2D eigenvalue weighted by atomic mass is 10.2. The second kappa shape index (κ2) is 7.09. The van der Waals surface area contributed by atoms with Gasteiger partial charge in [0.25, 0.3) is 5.91 Å². The van der Waals surface area contributed by atoms with Gasteiger partial charge in [0.1, 0.15) is 0 Å². The summed E-state index contributed by atoms with van der Waals surface area (Å²) in [6.45, 7) is 0. The molecule has 2 aromatic carbocycles. The van der Waals surface area contributed by atoms with Crippen molar-refractivity contribution in [2.24, 2.45) is 5.92 Å². The van der Waals surface area contributed by atoms with E-state index in [4.69, 9.17) is 11.6 Å². The van der Waals surface area contributed by atoms with Crippen LogP contribution >= 0.6 is 11.6 Å². The third kappa shape index (κ3) is 4.42. The van der Waals surface area contributed by atoms with E-state index in [1.54, 1.807) is 18.2 Å². The van der Waals surface area contributed by atoms with Gasteiger partial charge in [-0.2, -0.15) is 0 Å². The molecule has 2 amide bonds. The van der Waals surface area contributed by atoms with Crippen LogP contribution in [-0.4, -0.2) is 26.5 Å². The lowest BCUT2D eigenvalue weighted by Gasteiger charge is -2.10. The molecule has 0 unspecified atom stereocenters. The normalized spacial score (nSPS) is 13.9. The number of sulfone groups is 1. The van der Waals surface area contributed by atoms with E-state index in [0.29, 0.717) is 11.4 Å². The first-order valence-corrected chi connectivity index (χ1v) is 10.2. The highest BCUT2D eigenvalue weighted by molar-refractivity contribution is 7.90. The van der Waals surface area contributed by atoms with Crippen molar-refractivity contribution in [3.8, 4) is 0 Å². The number of hydrogen-bond acceptors (Lipinski definition) is 4. The van der Waals surface area contributed by atoms with Gasteiger partial charge in [0.05, 0.1) is 15.6 Å². The molecule has 0 saturated heterocycles. The van der Waals surface area contributed by atoms with Crippen LogP contribution in [0.15, 0.2) is 47.4 Å². The van der Waals surface area contributed by atoms with Gasteiger partial charge in [-0.15, -0.1) is 0 Å². The molecule has 0 heterocycles. The van der Waals surface area contributed by atoms with Crippen LogP contribution in [0.25, 0.3) is 0 Å². The van der Waals surface area contributed by atoms with Gasteiger partial charge < -0.3 is 10.6 Å². The monoisotopic (exact) mass is 392 g/mol. The summed E-state index contributed by atoms with van der Waals surface area (Å²) in [4.78, 5) is 24.2. The summed E-state index contributed by atoms with van der Waals surface area (Å²) in [5.74, 6) is -0.433. The van der Waals surface area contributed by atoms with Crippen molar-refractivity contribution in [3.05, 3.63) is 53.1 Å². The summed E-state index contributed by atoms with van der Waals surface area (Å²) in [5, 5.41) is 5.69. The van der Waals surface area contributed by atoms with Crippen LogP contribution in [-0.2, 0) is 14.6 Å². The van der Waals surface area contributed by atoms with Gasteiger partial charge in [0, 0.05) is 23.4 Å². The Bertz CT molecular complexity index is 984. The first-order chi connectivity index (χ1) is 12.2. The fourth-order valence-electron chi connectivity index (χ4n) is 2.35. The molecular weight excluding hydrogens is 376 g/mol. The maximum Gasteiger partial charge on any atom is 0.255 e. The van der Waals surface area contributed by atoms with Crippen molar-refractivity contribution in [1.29, 1.82) is 0 Å². The van der Waals surface area contributed by atoms with Gasteiger partial charge in [-0.3, -0.25) is 9.59 Å². The number of anilines is 2. The zero-order valence-electron chi connectivity index (χ0n) is 14.0. The average Bonchev–Trinajstić information content (AvgIpc) is 3.41. The Hall–Kier alpha value is -2.38. The maximum atomic E-state index is 12.4. The van der Waals surface area contributed by atoms with Gasteiger partial charge in [-0.1, -0.05) is 17.7 Å². The molecule has 0 atom stereocenters. The van der Waals surface area contributed by atoms with Crippen LogP contribution in [0.5, 0.6) is 0 Å². The van der Waals surface area contributed by atoms with Crippen LogP contribution in [0.1, 0.15) is 23.2 Å². The van der Waals surface area contributed by atoms with Gasteiger partial charge in [-0.25, -0.2) is 8.42 Å². The van der Waals surface area contributed by atoms with E-state index in [9.17, 15) is 18.0 Å². The Morgan fingerprint density at radius 1 is 1.08 bits per heavy atom. The number of rotatable bonds is 5. The van der Waals surface area contributed by atoms with E-state index < -0.39 is 15.7 Å². The van der Waals surface area contributed by atoms with Crippen molar-refractivity contribution in [2.75, 3.05) is 16.9 Å². The van der Waals surface area contributed by atoms with Crippen molar-refractivity contribution in [2.45, 2.75) is 17.7 Å². The van der Waals surface area contributed by atoms with Gasteiger partial charge >= 0.3 is 0 Å². The van der Waals surface area contributed by atoms with E-state index in [1.165, 1.54) is 24.3 Å². The molecular formula is C18H17ClN2O4S. The van der Waals surface area contributed by atoms with Crippen molar-refractivity contribution in [1.82, 2.24) is 0 Å². The minimum atomic E-state index is -3.41. The highest BCUT2D eigenvalue weighted by Crippen LogP contribution is 2.31. The number of carbonyl (C=O) groups excluding carboxylic acids is 2. The van der Waals surface area contributed by atoms with E-state index >= 15 is 0 Å². The Balaban J connectivity index is 1.74. The van der Waals surface area contributed by atoms with E-state index in [2.05, 4.69) is 10.6 Å². The fourth-order valence-corrected chi connectivity index (χ4v) is 3.24. The zero-order valence-corrected chi connectivity index (χ0v) is 15.5. The molecule has 2 aromatic rings. The zero-order chi connectivity index (χ0) is 18.9. The van der Waals surface area contributed by atoms with Crippen LogP contribution in [0, 0.1) is 5.92 Å². The molecule has 2 N–H and O–H groups in total. The molecule has 0 spiro atoms. The number of benzene rings is 2. The fraction of sp³-hybridized carbons (Fsp3) is 0.222. The third-order valence-corrected chi connectivity index (χ3v) is 5.38. The molecule has 0 bridgehead atoms. The average molecular weight is 393 g/mol. The number of amides is 2. The molecule has 3 rings (SSSR count). The number of halogens is 1. The summed E-state index contributed by atoms with van der Waals surface area (Å²) in [6.07, 6.45) is 2.88. The Labute approximate surface area is 156 Å². The minimum Gasteiger partial charge on any atom is -0.326 e. The molecule has 136 valence electrons. The van der Waals surface area contributed by atoms with Crippen molar-refractivity contribution >= 4 is 44.6 Å². The van der Waals surface area contributed by atoms with Crippen LogP contribution in [0.3, 0.4) is 0 Å². The molecule has 1 aliphatic carbocycles. The van der Waals surface area contributed by atoms with Gasteiger partial charge in [0.15, 0.2) is 9.84 Å². The van der Waals surface area contributed by atoms with Gasteiger partial charge in [0.2, 0.25) is 5.91 Å². The highest BCUT2D eigenvalue weighted by Gasteiger charge is 2.29. The smallest absolute Gasteiger partial charge is 0.255 e. The molecule has 0 aromatic heterocycles. The third-order valence-electron chi connectivity index (χ3n) is 3.96. The molecule has 1 saturated carbocycles. The highest BCUT2D eigenvalue weighted by atomic mass is 35.5. The first-order valence-electron chi connectivity index (χ1n) is 7.96. The number of hydrogen-bond donors (Lipinski definition) is 2. The molecule has 0 radical (unpaired) electrons. The van der Waals surface area contributed by atoms with Crippen molar-refractivity contribution < 1.29 is 18.0 Å². The predicted octanol–water partition coefficient (Wildman–Crippen LogP) is 3.34. The van der Waals surface area contributed by atoms with E-state index in [0.717, 1.165) is 19.1 Å². The topological polar surface area (TPSA) is 92.3 Å². The summed E-state index contributed by atoms with van der Waals surface area (Å²) in [7, 11) is -3.41. The maximum absolute atomic E-state index is 12.4. The second-order valence-corrected chi connectivity index (χ2v) is 8.64. The molecule has 1 fully saturated rings. The Morgan fingerprint density at radius 2 is 1.81 bits per heavy atom. The molecule has 0 aliphatic heterocycles. The summed E-state index contributed by atoms with van der Waals surface area (Å²) >= 11 is 6.18. The van der Waals surface area contributed by atoms with Crippen LogP contribution in [0.4, 0.5) is 11.4 Å². The quantitative estimate of drug-likeness (QED) is 0.816. The van der Waals surface area contributed by atoms with Crippen LogP contribution < -0.4 is 10.6 Å². The van der Waals surface area contributed by atoms with Gasteiger partial charge in [-0.05, 0) is 49.2 Å². The van der Waals surface area contributed by atoms with E-state index in [-0.39, 0.29) is 27.3 Å². The van der Waals surface area contributed by atoms with Crippen molar-refractivity contribution in [3.63, 3.8) is 0 Å². The Morgan fingerprint density at radius 3 is 2.42 bits per heavy atom. The standard InChI is InChI=1S/C18H17ClN2O4S/c1-26(24,25)14-4-2-3-12(9-14)18(23)21-16-8-7-13(10-15(16)19)20-17(22)11-5-6-11/h2-4,7-11H,5-6H2,1H3,(H,20,22)(H,21,23). The van der Waals surface area contributed by atoms with Crippen LogP contribution in [0.2, 0.25) is 5.02 Å². The lowest BCUT2D eigenvalue weighted by Crippen LogP contribution is -2.14. The lowest BCUT2D eigenvalue weighted by molar-refractivity contribution is -0.117. The molecule has 1 aliphatic rings. The minimum absolute atomic E-state index is 0.0320. The van der Waals surface area contributed by atoms with E-state index in [1.807, 2.05) is 0 Å². The Kier molecular flexibility index (Phi) is 5.02. The predicted molar refractivity (Wildman–Crippen MR) is 100 cm³/mol. The molecule has 26 heavy (non-hydrogen) atoms. The summed E-state index contributed by atoms with van der Waals surface area (Å²) < 4.78 is 23.2. The second-order valence-electron chi connectivity index (χ2n) is 6.21. The molecule has 6 nitrogen and oxygen atoms in total. The summed E-state index contributed by atoms with van der Waals surface area (Å²) in [6, 6.07) is 10.5.